The van der Waals surface area contributed by atoms with Gasteiger partial charge in [-0.15, -0.1) is 0 Å². The molecule has 12 aromatic rings. The lowest BCUT2D eigenvalue weighted by Crippen LogP contribution is -2.01. The summed E-state index contributed by atoms with van der Waals surface area (Å²) < 4.78 is 4.79. The summed E-state index contributed by atoms with van der Waals surface area (Å²) in [4.78, 5) is 5.37. The van der Waals surface area contributed by atoms with E-state index >= 15 is 0 Å². The van der Waals surface area contributed by atoms with E-state index in [1.807, 2.05) is 0 Å². The Morgan fingerprint density at radius 2 is 0.871 bits per heavy atom. The lowest BCUT2D eigenvalue weighted by atomic mass is 9.94. The zero-order valence-corrected chi connectivity index (χ0v) is 34.0. The van der Waals surface area contributed by atoms with E-state index < -0.39 is 0 Å². The minimum absolute atomic E-state index is 0.921. The van der Waals surface area contributed by atoms with E-state index in [1.165, 1.54) is 87.2 Å². The Kier molecular flexibility index (Phi) is 7.73. The highest BCUT2D eigenvalue weighted by molar-refractivity contribution is 6.25. The second-order valence-electron chi connectivity index (χ2n) is 16.6. The van der Waals surface area contributed by atoms with Crippen molar-refractivity contribution in [3.05, 3.63) is 218 Å². The van der Waals surface area contributed by atoms with Gasteiger partial charge in [0.1, 0.15) is 5.82 Å². The summed E-state index contributed by atoms with van der Waals surface area (Å²) in [6.45, 7) is 0. The molecule has 0 saturated carbocycles. The lowest BCUT2D eigenvalue weighted by Gasteiger charge is -2.14. The van der Waals surface area contributed by atoms with Crippen molar-refractivity contribution >= 4 is 81.5 Å². The van der Waals surface area contributed by atoms with Crippen LogP contribution in [0.25, 0.3) is 115 Å². The second-order valence-corrected chi connectivity index (χ2v) is 16.6. The van der Waals surface area contributed by atoms with E-state index in [2.05, 4.69) is 221 Å². The molecule has 9 aromatic carbocycles. The van der Waals surface area contributed by atoms with E-state index in [9.17, 15) is 0 Å². The van der Waals surface area contributed by atoms with Crippen molar-refractivity contribution in [2.45, 2.75) is 12.8 Å². The summed E-state index contributed by atoms with van der Waals surface area (Å²) in [7, 11) is 0. The average molecular weight is 790 g/mol. The third-order valence-corrected chi connectivity index (χ3v) is 13.1. The minimum Gasteiger partial charge on any atom is -0.309 e. The molecule has 3 nitrogen and oxygen atoms in total. The number of allylic oxidation sites excluding steroid dienone is 4. The van der Waals surface area contributed by atoms with Gasteiger partial charge in [0.25, 0.3) is 0 Å². The molecule has 3 heteroatoms. The Hall–Kier alpha value is -8.01. The zero-order chi connectivity index (χ0) is 40.7. The number of pyridine rings is 1. The number of rotatable bonds is 5. The van der Waals surface area contributed by atoms with Crippen LogP contribution in [0.4, 0.5) is 0 Å². The predicted molar refractivity (Wildman–Crippen MR) is 263 cm³/mol. The van der Waals surface area contributed by atoms with Crippen LogP contribution in [0.3, 0.4) is 0 Å². The van der Waals surface area contributed by atoms with Crippen molar-refractivity contribution in [2.24, 2.45) is 0 Å². The molecule has 1 aliphatic rings. The van der Waals surface area contributed by atoms with Gasteiger partial charge >= 0.3 is 0 Å². The first-order chi connectivity index (χ1) is 30.7. The highest BCUT2D eigenvalue weighted by atomic mass is 15.1. The zero-order valence-electron chi connectivity index (χ0n) is 34.0. The molecule has 0 N–H and O–H groups in total. The Morgan fingerprint density at radius 3 is 1.50 bits per heavy atom. The molecule has 0 amide bonds. The Balaban J connectivity index is 0.976. The van der Waals surface area contributed by atoms with Crippen LogP contribution in [-0.2, 0) is 0 Å². The summed E-state index contributed by atoms with van der Waals surface area (Å²) in [6, 6.07) is 71.2. The first-order valence-electron chi connectivity index (χ1n) is 21.6. The molecule has 3 aromatic heterocycles. The maximum atomic E-state index is 5.37. The highest BCUT2D eigenvalue weighted by Crippen LogP contribution is 2.41. The summed E-state index contributed by atoms with van der Waals surface area (Å²) in [5.41, 5.74) is 12.7. The molecular weight excluding hydrogens is 751 g/mol. The van der Waals surface area contributed by atoms with Crippen molar-refractivity contribution < 1.29 is 0 Å². The molecule has 1 aliphatic carbocycles. The first-order valence-corrected chi connectivity index (χ1v) is 21.6. The van der Waals surface area contributed by atoms with Gasteiger partial charge in [0.15, 0.2) is 0 Å². The summed E-state index contributed by atoms with van der Waals surface area (Å²) in [5, 5.41) is 12.6. The number of nitrogens with zero attached hydrogens (tertiary/aromatic N) is 3. The largest absolute Gasteiger partial charge is 0.309 e. The average Bonchev–Trinajstić information content (AvgIpc) is 3.86. The third-order valence-electron chi connectivity index (χ3n) is 13.1. The maximum absolute atomic E-state index is 5.37. The SMILES string of the molecule is C1=CC(c2cc(-c3ccccc3)nc(-n3c4ccccc4c4cc(-c5ccc6c(c5)c5ccccc5n6-c5ccc6c7ccccc7c7ccccc7c6c5)ccc43)c2)=CCC1. The van der Waals surface area contributed by atoms with Crippen LogP contribution >= 0.6 is 0 Å². The van der Waals surface area contributed by atoms with Gasteiger partial charge in [-0.2, -0.15) is 0 Å². The molecule has 62 heavy (non-hydrogen) atoms. The fraction of sp³-hybridized carbons (Fsp3) is 0.0339. The van der Waals surface area contributed by atoms with Crippen LogP contribution in [0.2, 0.25) is 0 Å². The van der Waals surface area contributed by atoms with Crippen molar-refractivity contribution in [3.63, 3.8) is 0 Å². The maximum Gasteiger partial charge on any atom is 0.138 e. The number of hydrogen-bond donors (Lipinski definition) is 0. The number of benzene rings is 9. The van der Waals surface area contributed by atoms with Gasteiger partial charge < -0.3 is 4.57 Å². The lowest BCUT2D eigenvalue weighted by molar-refractivity contribution is 1.04. The van der Waals surface area contributed by atoms with Crippen molar-refractivity contribution in [1.82, 2.24) is 14.1 Å². The molecule has 3 heterocycles. The third kappa shape index (κ3) is 5.35. The number of aromatic nitrogens is 3. The molecule has 0 spiro atoms. The van der Waals surface area contributed by atoms with Crippen LogP contribution in [0.1, 0.15) is 18.4 Å². The van der Waals surface area contributed by atoms with Crippen LogP contribution < -0.4 is 0 Å². The van der Waals surface area contributed by atoms with Gasteiger partial charge in [0.2, 0.25) is 0 Å². The Labute approximate surface area is 358 Å². The molecular formula is C59H39N3. The molecule has 0 atom stereocenters. The Bertz CT molecular complexity index is 3820. The number of fused-ring (bicyclic) bond motifs is 12. The molecule has 290 valence electrons. The van der Waals surface area contributed by atoms with Gasteiger partial charge in [-0.1, -0.05) is 152 Å². The van der Waals surface area contributed by atoms with Crippen LogP contribution in [-0.4, -0.2) is 14.1 Å². The van der Waals surface area contributed by atoms with E-state index in [0.29, 0.717) is 0 Å². The second kappa shape index (κ2) is 13.8. The smallest absolute Gasteiger partial charge is 0.138 e. The highest BCUT2D eigenvalue weighted by Gasteiger charge is 2.19. The summed E-state index contributed by atoms with van der Waals surface area (Å²) in [6.07, 6.45) is 9.02. The topological polar surface area (TPSA) is 22.8 Å². The summed E-state index contributed by atoms with van der Waals surface area (Å²) >= 11 is 0. The van der Waals surface area contributed by atoms with Gasteiger partial charge in [-0.3, -0.25) is 4.57 Å². The van der Waals surface area contributed by atoms with Gasteiger partial charge in [0, 0.05) is 32.8 Å². The van der Waals surface area contributed by atoms with E-state index in [1.54, 1.807) is 0 Å². The van der Waals surface area contributed by atoms with Crippen molar-refractivity contribution in [3.8, 4) is 33.9 Å². The Morgan fingerprint density at radius 1 is 0.339 bits per heavy atom. The van der Waals surface area contributed by atoms with E-state index in [-0.39, 0.29) is 0 Å². The molecule has 0 fully saturated rings. The minimum atomic E-state index is 0.921. The van der Waals surface area contributed by atoms with Crippen LogP contribution in [0.5, 0.6) is 0 Å². The fourth-order valence-electron chi connectivity index (χ4n) is 10.2. The molecule has 0 radical (unpaired) electrons. The molecule has 0 aliphatic heterocycles. The molecule has 0 saturated heterocycles. The van der Waals surface area contributed by atoms with Crippen LogP contribution in [0.15, 0.2) is 212 Å². The van der Waals surface area contributed by atoms with Gasteiger partial charge in [-0.25, -0.2) is 4.98 Å². The standard InChI is InChI=1S/C59H39N3/c1-3-15-38(16-4-1)42-35-54(39-17-5-2-6-18-39)60-59(36-42)62-56-26-14-12-24-50(56)53-34-41(28-32-58(53)62)40-27-31-57-52(33-40)49-23-11-13-25-55(49)61(57)43-29-30-48-46-21-8-7-19-44(46)45-20-9-10-22-47(45)51(48)37-43/h2-3,5-37H,1,4H2. The molecule has 0 bridgehead atoms. The molecule has 0 unspecified atom stereocenters. The van der Waals surface area contributed by atoms with Crippen molar-refractivity contribution in [1.29, 1.82) is 0 Å². The quantitative estimate of drug-likeness (QED) is 0.159. The first kappa shape index (κ1) is 34.8. The predicted octanol–water partition coefficient (Wildman–Crippen LogP) is 15.8. The number of para-hydroxylation sites is 2. The monoisotopic (exact) mass is 789 g/mol. The van der Waals surface area contributed by atoms with Crippen molar-refractivity contribution in [2.75, 3.05) is 0 Å². The van der Waals surface area contributed by atoms with E-state index in [0.717, 1.165) is 46.6 Å². The number of hydrogen-bond acceptors (Lipinski definition) is 1. The van der Waals surface area contributed by atoms with Gasteiger partial charge in [-0.05, 0) is 128 Å². The van der Waals surface area contributed by atoms with Gasteiger partial charge in [0.05, 0.1) is 27.8 Å². The summed E-state index contributed by atoms with van der Waals surface area (Å²) in [5.74, 6) is 0.921. The molecule has 13 rings (SSSR count). The fourth-order valence-corrected chi connectivity index (χ4v) is 10.2. The normalized spacial score (nSPS) is 13.1. The van der Waals surface area contributed by atoms with Crippen LogP contribution in [0, 0.1) is 0 Å². The van der Waals surface area contributed by atoms with E-state index in [4.69, 9.17) is 4.98 Å².